The average Bonchev–Trinajstić information content (AvgIpc) is 2.35. The first-order chi connectivity index (χ1) is 8.24. The second kappa shape index (κ2) is 5.03. The van der Waals surface area contributed by atoms with Crippen LogP contribution in [-0.4, -0.2) is 12.1 Å². The molecule has 0 N–H and O–H groups in total. The summed E-state index contributed by atoms with van der Waals surface area (Å²) in [6.07, 6.45) is 1.08. The topological polar surface area (TPSA) is 45.9 Å². The zero-order chi connectivity index (χ0) is 12.3. The summed E-state index contributed by atoms with van der Waals surface area (Å²) in [6.45, 7) is 0. The lowest BCUT2D eigenvalue weighted by Crippen LogP contribution is -1.91. The highest BCUT2D eigenvalue weighted by molar-refractivity contribution is 6.30. The van der Waals surface area contributed by atoms with Crippen molar-refractivity contribution in [1.29, 1.82) is 5.26 Å². The minimum Gasteiger partial charge on any atom is -0.497 e. The van der Waals surface area contributed by atoms with Gasteiger partial charge in [0.25, 0.3) is 0 Å². The standard InChI is InChI=1S/C13H11ClN2O/c1-17-11-5-4-9-7-10(3-2-6-15)13(14)16-12(9)8-11/h4-5,7-8H,2-3H2,1H3. The molecule has 0 aliphatic carbocycles. The Hall–Kier alpha value is -1.79. The van der Waals surface area contributed by atoms with Gasteiger partial charge in [0, 0.05) is 17.9 Å². The van der Waals surface area contributed by atoms with Crippen LogP contribution in [0.15, 0.2) is 24.3 Å². The van der Waals surface area contributed by atoms with Crippen LogP contribution in [0.2, 0.25) is 5.15 Å². The van der Waals surface area contributed by atoms with Crippen molar-refractivity contribution >= 4 is 22.5 Å². The van der Waals surface area contributed by atoms with Gasteiger partial charge in [0.1, 0.15) is 10.9 Å². The molecule has 17 heavy (non-hydrogen) atoms. The number of methoxy groups -OCH3 is 1. The van der Waals surface area contributed by atoms with Crippen molar-refractivity contribution in [3.63, 3.8) is 0 Å². The van der Waals surface area contributed by atoms with Crippen molar-refractivity contribution in [3.05, 3.63) is 35.0 Å². The van der Waals surface area contributed by atoms with E-state index < -0.39 is 0 Å². The number of hydrogen-bond acceptors (Lipinski definition) is 3. The van der Waals surface area contributed by atoms with Crippen LogP contribution < -0.4 is 4.74 Å². The van der Waals surface area contributed by atoms with Crippen molar-refractivity contribution in [2.45, 2.75) is 12.8 Å². The SMILES string of the molecule is COc1ccc2cc(CCC#N)c(Cl)nc2c1. The number of benzene rings is 1. The summed E-state index contributed by atoms with van der Waals surface area (Å²) in [5.74, 6) is 0.755. The summed E-state index contributed by atoms with van der Waals surface area (Å²) in [5.41, 5.74) is 1.71. The van der Waals surface area contributed by atoms with Crippen molar-refractivity contribution in [3.8, 4) is 11.8 Å². The molecule has 1 aromatic carbocycles. The maximum absolute atomic E-state index is 8.57. The van der Waals surface area contributed by atoms with Crippen molar-refractivity contribution < 1.29 is 4.74 Å². The molecule has 0 aliphatic heterocycles. The quantitative estimate of drug-likeness (QED) is 0.780. The van der Waals surface area contributed by atoms with Gasteiger partial charge >= 0.3 is 0 Å². The maximum atomic E-state index is 8.57. The second-order valence-electron chi connectivity index (χ2n) is 3.66. The number of rotatable bonds is 3. The van der Waals surface area contributed by atoms with Gasteiger partial charge in [0.2, 0.25) is 0 Å². The van der Waals surface area contributed by atoms with Gasteiger partial charge in [-0.2, -0.15) is 5.26 Å². The van der Waals surface area contributed by atoms with Crippen LogP contribution in [-0.2, 0) is 6.42 Å². The van der Waals surface area contributed by atoms with Crippen LogP contribution >= 0.6 is 11.6 Å². The van der Waals surface area contributed by atoms with Crippen LogP contribution in [0.25, 0.3) is 10.9 Å². The molecule has 0 saturated heterocycles. The van der Waals surface area contributed by atoms with Gasteiger partial charge in [-0.05, 0) is 30.2 Å². The van der Waals surface area contributed by atoms with Crippen LogP contribution in [0.5, 0.6) is 5.75 Å². The van der Waals surface area contributed by atoms with Gasteiger partial charge in [-0.1, -0.05) is 11.6 Å². The van der Waals surface area contributed by atoms with E-state index >= 15 is 0 Å². The minimum absolute atomic E-state index is 0.447. The molecule has 86 valence electrons. The highest BCUT2D eigenvalue weighted by atomic mass is 35.5. The number of nitrogens with zero attached hydrogens (tertiary/aromatic N) is 2. The normalized spacial score (nSPS) is 10.2. The van der Waals surface area contributed by atoms with E-state index in [9.17, 15) is 0 Å². The van der Waals surface area contributed by atoms with Crippen LogP contribution in [0.3, 0.4) is 0 Å². The van der Waals surface area contributed by atoms with E-state index in [-0.39, 0.29) is 0 Å². The fourth-order valence-electron chi connectivity index (χ4n) is 1.66. The van der Waals surface area contributed by atoms with E-state index in [1.165, 1.54) is 0 Å². The summed E-state index contributed by atoms with van der Waals surface area (Å²) >= 11 is 6.07. The lowest BCUT2D eigenvalue weighted by atomic mass is 10.1. The Labute approximate surface area is 105 Å². The predicted molar refractivity (Wildman–Crippen MR) is 67.2 cm³/mol. The van der Waals surface area contributed by atoms with E-state index in [0.29, 0.717) is 18.0 Å². The largest absolute Gasteiger partial charge is 0.497 e. The molecule has 3 nitrogen and oxygen atoms in total. The van der Waals surface area contributed by atoms with Crippen molar-refractivity contribution in [1.82, 2.24) is 4.98 Å². The highest BCUT2D eigenvalue weighted by Gasteiger charge is 2.05. The molecule has 2 rings (SSSR count). The van der Waals surface area contributed by atoms with E-state index in [1.54, 1.807) is 7.11 Å². The highest BCUT2D eigenvalue weighted by Crippen LogP contribution is 2.24. The molecule has 2 aromatic rings. The maximum Gasteiger partial charge on any atom is 0.133 e. The molecule has 0 amide bonds. The number of pyridine rings is 1. The predicted octanol–water partition coefficient (Wildman–Crippen LogP) is 3.35. The van der Waals surface area contributed by atoms with E-state index in [1.807, 2.05) is 24.3 Å². The van der Waals surface area contributed by atoms with Crippen molar-refractivity contribution in [2.75, 3.05) is 7.11 Å². The fraction of sp³-hybridized carbons (Fsp3) is 0.231. The van der Waals surface area contributed by atoms with E-state index in [2.05, 4.69) is 11.1 Å². The van der Waals surface area contributed by atoms with Crippen LogP contribution in [0, 0.1) is 11.3 Å². The van der Waals surface area contributed by atoms with Gasteiger partial charge in [-0.25, -0.2) is 4.98 Å². The molecule has 0 saturated carbocycles. The van der Waals surface area contributed by atoms with E-state index in [0.717, 1.165) is 22.2 Å². The molecule has 0 spiro atoms. The smallest absolute Gasteiger partial charge is 0.133 e. The summed E-state index contributed by atoms with van der Waals surface area (Å²) in [5, 5.41) is 10.0. The number of aryl methyl sites for hydroxylation is 1. The third-order valence-corrected chi connectivity index (χ3v) is 2.88. The minimum atomic E-state index is 0.447. The second-order valence-corrected chi connectivity index (χ2v) is 4.01. The molecule has 4 heteroatoms. The zero-order valence-electron chi connectivity index (χ0n) is 9.40. The van der Waals surface area contributed by atoms with Gasteiger partial charge in [-0.15, -0.1) is 0 Å². The third kappa shape index (κ3) is 2.48. The Bertz CT molecular complexity index is 590. The van der Waals surface area contributed by atoms with Crippen molar-refractivity contribution in [2.24, 2.45) is 0 Å². The molecule has 0 radical (unpaired) electrons. The lowest BCUT2D eigenvalue weighted by molar-refractivity contribution is 0.415. The molecule has 1 heterocycles. The molecular weight excluding hydrogens is 236 g/mol. The molecule has 0 atom stereocenters. The molecule has 0 unspecified atom stereocenters. The summed E-state index contributed by atoms with van der Waals surface area (Å²) in [4.78, 5) is 4.31. The number of fused-ring (bicyclic) bond motifs is 1. The van der Waals surface area contributed by atoms with Gasteiger partial charge in [0.15, 0.2) is 0 Å². The molecule has 1 aromatic heterocycles. The Morgan fingerprint density at radius 2 is 2.24 bits per heavy atom. The molecule has 0 aliphatic rings. The number of halogens is 1. The Balaban J connectivity index is 2.47. The van der Waals surface area contributed by atoms with E-state index in [4.69, 9.17) is 21.6 Å². The first-order valence-electron chi connectivity index (χ1n) is 5.24. The average molecular weight is 247 g/mol. The molecular formula is C13H11ClN2O. The Morgan fingerprint density at radius 3 is 2.94 bits per heavy atom. The van der Waals surface area contributed by atoms with Gasteiger partial charge in [-0.3, -0.25) is 0 Å². The lowest BCUT2D eigenvalue weighted by Gasteiger charge is -2.06. The zero-order valence-corrected chi connectivity index (χ0v) is 10.2. The molecule has 0 fully saturated rings. The summed E-state index contributed by atoms with van der Waals surface area (Å²) in [7, 11) is 1.62. The fourth-order valence-corrected chi connectivity index (χ4v) is 1.90. The van der Waals surface area contributed by atoms with Crippen LogP contribution in [0.1, 0.15) is 12.0 Å². The Kier molecular flexibility index (Phi) is 3.46. The summed E-state index contributed by atoms with van der Waals surface area (Å²) in [6, 6.07) is 9.74. The third-order valence-electron chi connectivity index (χ3n) is 2.56. The number of hydrogen-bond donors (Lipinski definition) is 0. The first kappa shape index (κ1) is 11.7. The van der Waals surface area contributed by atoms with Gasteiger partial charge < -0.3 is 4.74 Å². The van der Waals surface area contributed by atoms with Crippen LogP contribution in [0.4, 0.5) is 0 Å². The first-order valence-corrected chi connectivity index (χ1v) is 5.62. The number of nitriles is 1. The number of ether oxygens (including phenoxy) is 1. The monoisotopic (exact) mass is 246 g/mol. The Morgan fingerprint density at radius 1 is 1.41 bits per heavy atom. The number of aromatic nitrogens is 1. The summed E-state index contributed by atoms with van der Waals surface area (Å²) < 4.78 is 5.13. The van der Waals surface area contributed by atoms with Gasteiger partial charge in [0.05, 0.1) is 18.7 Å². The molecule has 0 bridgehead atoms.